The van der Waals surface area contributed by atoms with Gasteiger partial charge in [-0.05, 0) is 25.1 Å². The number of hydrogen-bond acceptors (Lipinski definition) is 3. The first-order valence-corrected chi connectivity index (χ1v) is 7.11. The van der Waals surface area contributed by atoms with Crippen LogP contribution in [0.4, 0.5) is 14.9 Å². The maximum absolute atomic E-state index is 13.2. The Hall–Kier alpha value is -2.15. The molecule has 1 heterocycles. The fourth-order valence-electron chi connectivity index (χ4n) is 2.44. The molecule has 7 heteroatoms. The van der Waals surface area contributed by atoms with E-state index < -0.39 is 5.82 Å². The van der Waals surface area contributed by atoms with E-state index in [-0.39, 0.29) is 30.4 Å². The van der Waals surface area contributed by atoms with Crippen molar-refractivity contribution in [2.24, 2.45) is 0 Å². The number of methoxy groups -OCH3 is 1. The van der Waals surface area contributed by atoms with Crippen molar-refractivity contribution in [3.63, 3.8) is 0 Å². The van der Waals surface area contributed by atoms with E-state index in [9.17, 15) is 14.0 Å². The van der Waals surface area contributed by atoms with Gasteiger partial charge < -0.3 is 20.3 Å². The van der Waals surface area contributed by atoms with Gasteiger partial charge in [0, 0.05) is 25.8 Å². The summed E-state index contributed by atoms with van der Waals surface area (Å²) in [5.41, 5.74) is 0.502. The molecule has 1 aromatic rings. The fraction of sp³-hybridized carbons (Fsp3) is 0.467. The van der Waals surface area contributed by atoms with Crippen LogP contribution >= 0.6 is 0 Å². The number of hydrogen-bond donors (Lipinski definition) is 2. The van der Waals surface area contributed by atoms with Crippen LogP contribution in [0.1, 0.15) is 13.3 Å². The standard InChI is InChI=1S/C15H20FN3O3/c1-10(9-22-2)17-15(21)18-12-7-14(20)19(8-12)13-5-3-4-11(16)6-13/h3-6,10,12H,7-9H2,1-2H3,(H2,17,18,21)/t10-,12+/m1/s1. The summed E-state index contributed by atoms with van der Waals surface area (Å²) in [6.07, 6.45) is 0.197. The Morgan fingerprint density at radius 2 is 2.32 bits per heavy atom. The average Bonchev–Trinajstić information content (AvgIpc) is 2.79. The van der Waals surface area contributed by atoms with Gasteiger partial charge in [-0.2, -0.15) is 0 Å². The van der Waals surface area contributed by atoms with Gasteiger partial charge in [-0.3, -0.25) is 4.79 Å². The van der Waals surface area contributed by atoms with Crippen LogP contribution in [0.5, 0.6) is 0 Å². The normalized spacial score (nSPS) is 19.1. The van der Waals surface area contributed by atoms with Gasteiger partial charge in [-0.15, -0.1) is 0 Å². The van der Waals surface area contributed by atoms with Crippen molar-refractivity contribution < 1.29 is 18.7 Å². The van der Waals surface area contributed by atoms with Crippen molar-refractivity contribution in [3.05, 3.63) is 30.1 Å². The lowest BCUT2D eigenvalue weighted by atomic mass is 10.2. The van der Waals surface area contributed by atoms with Crippen molar-refractivity contribution in [2.75, 3.05) is 25.2 Å². The third-order valence-corrected chi connectivity index (χ3v) is 3.37. The molecule has 1 fully saturated rings. The first-order valence-electron chi connectivity index (χ1n) is 7.11. The van der Waals surface area contributed by atoms with Gasteiger partial charge in [-0.1, -0.05) is 6.07 Å². The van der Waals surface area contributed by atoms with Gasteiger partial charge in [0.2, 0.25) is 5.91 Å². The number of ether oxygens (including phenoxy) is 1. The number of urea groups is 1. The van der Waals surface area contributed by atoms with Gasteiger partial charge in [0.25, 0.3) is 0 Å². The summed E-state index contributed by atoms with van der Waals surface area (Å²) >= 11 is 0. The van der Waals surface area contributed by atoms with E-state index in [2.05, 4.69) is 10.6 Å². The summed E-state index contributed by atoms with van der Waals surface area (Å²) in [6, 6.07) is 5.09. The number of nitrogens with one attached hydrogen (secondary N) is 2. The molecule has 3 amide bonds. The third kappa shape index (κ3) is 4.17. The van der Waals surface area contributed by atoms with Crippen molar-refractivity contribution in [1.29, 1.82) is 0 Å². The molecule has 1 aliphatic heterocycles. The molecular formula is C15H20FN3O3. The molecule has 0 aliphatic carbocycles. The lowest BCUT2D eigenvalue weighted by molar-refractivity contribution is -0.117. The Morgan fingerprint density at radius 1 is 1.55 bits per heavy atom. The van der Waals surface area contributed by atoms with Crippen LogP contribution in [0.25, 0.3) is 0 Å². The quantitative estimate of drug-likeness (QED) is 0.860. The summed E-state index contributed by atoms with van der Waals surface area (Å²) in [7, 11) is 1.56. The lowest BCUT2D eigenvalue weighted by Gasteiger charge is -2.18. The van der Waals surface area contributed by atoms with Crippen LogP contribution in [0.2, 0.25) is 0 Å². The average molecular weight is 309 g/mol. The minimum absolute atomic E-state index is 0.124. The zero-order valence-electron chi connectivity index (χ0n) is 12.6. The summed E-state index contributed by atoms with van der Waals surface area (Å²) < 4.78 is 18.2. The van der Waals surface area contributed by atoms with Crippen molar-refractivity contribution >= 4 is 17.6 Å². The molecule has 0 radical (unpaired) electrons. The van der Waals surface area contributed by atoms with Crippen LogP contribution < -0.4 is 15.5 Å². The molecule has 0 saturated carbocycles. The van der Waals surface area contributed by atoms with E-state index in [1.165, 1.54) is 17.0 Å². The highest BCUT2D eigenvalue weighted by molar-refractivity contribution is 5.96. The maximum atomic E-state index is 13.2. The first kappa shape index (κ1) is 16.2. The van der Waals surface area contributed by atoms with Gasteiger partial charge in [0.1, 0.15) is 5.82 Å². The molecule has 1 aliphatic rings. The molecule has 0 bridgehead atoms. The topological polar surface area (TPSA) is 70.7 Å². The Labute approximate surface area is 128 Å². The van der Waals surface area contributed by atoms with Crippen LogP contribution in [0, 0.1) is 5.82 Å². The largest absolute Gasteiger partial charge is 0.383 e. The van der Waals surface area contributed by atoms with Crippen LogP contribution in [0.3, 0.4) is 0 Å². The van der Waals surface area contributed by atoms with Crippen LogP contribution in [-0.4, -0.2) is 44.3 Å². The van der Waals surface area contributed by atoms with E-state index >= 15 is 0 Å². The highest BCUT2D eigenvalue weighted by atomic mass is 19.1. The predicted molar refractivity (Wildman–Crippen MR) is 80.2 cm³/mol. The Bertz CT molecular complexity index is 553. The van der Waals surface area contributed by atoms with Crippen LogP contribution in [-0.2, 0) is 9.53 Å². The smallest absolute Gasteiger partial charge is 0.315 e. The summed E-state index contributed by atoms with van der Waals surface area (Å²) in [4.78, 5) is 25.3. The number of rotatable bonds is 5. The molecule has 6 nitrogen and oxygen atoms in total. The second kappa shape index (κ2) is 7.22. The molecule has 2 rings (SSSR count). The van der Waals surface area contributed by atoms with Crippen LogP contribution in [0.15, 0.2) is 24.3 Å². The van der Waals surface area contributed by atoms with Gasteiger partial charge in [0.15, 0.2) is 0 Å². The molecule has 1 saturated heterocycles. The summed E-state index contributed by atoms with van der Waals surface area (Å²) in [5, 5.41) is 5.47. The predicted octanol–water partition coefficient (Wildman–Crippen LogP) is 1.27. The SMILES string of the molecule is COC[C@@H](C)NC(=O)N[C@H]1CC(=O)N(c2cccc(F)c2)C1. The highest BCUT2D eigenvalue weighted by Gasteiger charge is 2.31. The fourth-order valence-corrected chi connectivity index (χ4v) is 2.44. The van der Waals surface area contributed by atoms with Crippen molar-refractivity contribution in [2.45, 2.75) is 25.4 Å². The van der Waals surface area contributed by atoms with Gasteiger partial charge in [0.05, 0.1) is 18.7 Å². The number of benzene rings is 1. The lowest BCUT2D eigenvalue weighted by Crippen LogP contribution is -2.47. The molecule has 0 aromatic heterocycles. The Balaban J connectivity index is 1.91. The van der Waals surface area contributed by atoms with E-state index in [0.717, 1.165) is 0 Å². The third-order valence-electron chi connectivity index (χ3n) is 3.37. The molecule has 2 atom stereocenters. The second-order valence-electron chi connectivity index (χ2n) is 5.36. The minimum Gasteiger partial charge on any atom is -0.383 e. The Kier molecular flexibility index (Phi) is 5.32. The number of amides is 3. The number of carbonyl (C=O) groups excluding carboxylic acids is 2. The highest BCUT2D eigenvalue weighted by Crippen LogP contribution is 2.22. The molecule has 1 aromatic carbocycles. The molecule has 0 unspecified atom stereocenters. The molecule has 22 heavy (non-hydrogen) atoms. The number of nitrogens with zero attached hydrogens (tertiary/aromatic N) is 1. The molecular weight excluding hydrogens is 289 g/mol. The van der Waals surface area contributed by atoms with Crippen molar-refractivity contribution in [3.8, 4) is 0 Å². The molecule has 120 valence electrons. The summed E-state index contributed by atoms with van der Waals surface area (Å²) in [5.74, 6) is -0.534. The molecule has 0 spiro atoms. The second-order valence-corrected chi connectivity index (χ2v) is 5.36. The minimum atomic E-state index is -0.396. The van der Waals surface area contributed by atoms with Gasteiger partial charge in [-0.25, -0.2) is 9.18 Å². The van der Waals surface area contributed by atoms with E-state index in [1.54, 1.807) is 19.2 Å². The first-order chi connectivity index (χ1) is 10.5. The number of halogens is 1. The van der Waals surface area contributed by atoms with Crippen molar-refractivity contribution in [1.82, 2.24) is 10.6 Å². The zero-order valence-corrected chi connectivity index (χ0v) is 12.6. The van der Waals surface area contributed by atoms with Gasteiger partial charge >= 0.3 is 6.03 Å². The maximum Gasteiger partial charge on any atom is 0.315 e. The summed E-state index contributed by atoms with van der Waals surface area (Å²) in [6.45, 7) is 2.56. The zero-order chi connectivity index (χ0) is 16.1. The number of anilines is 1. The van der Waals surface area contributed by atoms with E-state index in [1.807, 2.05) is 6.92 Å². The Morgan fingerprint density at radius 3 is 3.00 bits per heavy atom. The van der Waals surface area contributed by atoms with E-state index in [4.69, 9.17) is 4.74 Å². The van der Waals surface area contributed by atoms with E-state index in [0.29, 0.717) is 18.8 Å². The number of carbonyl (C=O) groups is 2. The monoisotopic (exact) mass is 309 g/mol. The molecule has 2 N–H and O–H groups in total.